The number of carboxylic acid groups (broad SMARTS) is 1. The number of nitrogens with one attached hydrogen (secondary N) is 2. The van der Waals surface area contributed by atoms with Crippen molar-refractivity contribution in [3.05, 3.63) is 35.5 Å². The first-order valence-electron chi connectivity index (χ1n) is 10.6. The Morgan fingerprint density at radius 2 is 1.97 bits per heavy atom. The van der Waals surface area contributed by atoms with E-state index in [1.807, 2.05) is 19.1 Å². The van der Waals surface area contributed by atoms with Crippen LogP contribution in [0.5, 0.6) is 0 Å². The lowest BCUT2D eigenvalue weighted by molar-refractivity contribution is 0.0696. The Bertz CT molecular complexity index is 874. The average Bonchev–Trinajstić information content (AvgIpc) is 2.75. The smallest absolute Gasteiger partial charge is 0.336 e. The number of piperazine rings is 1. The molecule has 2 aromatic rings. The van der Waals surface area contributed by atoms with Crippen LogP contribution in [0.25, 0.3) is 11.3 Å². The third kappa shape index (κ3) is 4.50. The summed E-state index contributed by atoms with van der Waals surface area (Å²) in [6, 6.07) is 6.03. The second kappa shape index (κ2) is 8.78. The second-order valence-corrected chi connectivity index (χ2v) is 7.95. The Labute approximate surface area is 171 Å². The summed E-state index contributed by atoms with van der Waals surface area (Å²) in [5, 5.41) is 16.6. The molecule has 2 fully saturated rings. The molecule has 7 nitrogen and oxygen atoms in total. The molecule has 29 heavy (non-hydrogen) atoms. The Kier molecular flexibility index (Phi) is 5.94. The molecule has 2 aromatic heterocycles. The van der Waals surface area contributed by atoms with E-state index < -0.39 is 5.97 Å². The van der Waals surface area contributed by atoms with E-state index in [-0.39, 0.29) is 0 Å². The van der Waals surface area contributed by atoms with Crippen molar-refractivity contribution in [3.63, 3.8) is 0 Å². The van der Waals surface area contributed by atoms with E-state index in [4.69, 9.17) is 4.98 Å². The van der Waals surface area contributed by atoms with Crippen molar-refractivity contribution in [1.82, 2.24) is 15.3 Å². The summed E-state index contributed by atoms with van der Waals surface area (Å²) >= 11 is 0. The van der Waals surface area contributed by atoms with Crippen molar-refractivity contribution in [1.29, 1.82) is 0 Å². The molecule has 0 bridgehead atoms. The van der Waals surface area contributed by atoms with Gasteiger partial charge in [0, 0.05) is 49.5 Å². The zero-order valence-corrected chi connectivity index (χ0v) is 16.9. The second-order valence-electron chi connectivity index (χ2n) is 7.95. The van der Waals surface area contributed by atoms with Gasteiger partial charge in [-0.25, -0.2) is 14.8 Å². The number of hydrogen-bond acceptors (Lipinski definition) is 6. The minimum Gasteiger partial charge on any atom is -0.478 e. The van der Waals surface area contributed by atoms with Gasteiger partial charge in [0.1, 0.15) is 11.6 Å². The van der Waals surface area contributed by atoms with Gasteiger partial charge in [-0.2, -0.15) is 0 Å². The number of anilines is 2. The van der Waals surface area contributed by atoms with Crippen molar-refractivity contribution >= 4 is 17.6 Å². The topological polar surface area (TPSA) is 90.4 Å². The van der Waals surface area contributed by atoms with E-state index in [0.717, 1.165) is 48.9 Å². The van der Waals surface area contributed by atoms with Crippen LogP contribution in [0.3, 0.4) is 0 Å². The van der Waals surface area contributed by atoms with Gasteiger partial charge >= 0.3 is 5.97 Å². The molecular weight excluding hydrogens is 366 g/mol. The van der Waals surface area contributed by atoms with Gasteiger partial charge in [-0.05, 0) is 38.0 Å². The molecule has 1 aliphatic carbocycles. The van der Waals surface area contributed by atoms with E-state index in [0.29, 0.717) is 17.3 Å². The molecule has 0 radical (unpaired) electrons. The Hall–Kier alpha value is -2.67. The maximum atomic E-state index is 11.9. The van der Waals surface area contributed by atoms with Crippen LogP contribution in [0, 0.1) is 6.92 Å². The van der Waals surface area contributed by atoms with Crippen LogP contribution in [0.15, 0.2) is 24.4 Å². The molecule has 4 rings (SSSR count). The van der Waals surface area contributed by atoms with Crippen LogP contribution in [0.1, 0.15) is 48.0 Å². The van der Waals surface area contributed by atoms with Gasteiger partial charge in [-0.3, -0.25) is 0 Å². The number of carbonyl (C=O) groups is 1. The lowest BCUT2D eigenvalue weighted by Gasteiger charge is -2.30. The standard InChI is InChI=1S/C22H29N5O2/c1-15-18(22(28)29)14-19(26-21(15)27-11-9-23-10-12-27)16-7-8-24-20(13-16)25-17-5-3-2-4-6-17/h7-8,13-14,17,23H,2-6,9-12H2,1H3,(H,24,25)(H,28,29). The molecule has 0 aromatic carbocycles. The van der Waals surface area contributed by atoms with Gasteiger partial charge < -0.3 is 20.6 Å². The summed E-state index contributed by atoms with van der Waals surface area (Å²) in [7, 11) is 0. The number of pyridine rings is 2. The highest BCUT2D eigenvalue weighted by molar-refractivity contribution is 5.92. The zero-order chi connectivity index (χ0) is 20.2. The van der Waals surface area contributed by atoms with Gasteiger partial charge in [-0.15, -0.1) is 0 Å². The van der Waals surface area contributed by atoms with E-state index in [1.54, 1.807) is 12.3 Å². The van der Waals surface area contributed by atoms with Crippen LogP contribution in [0.2, 0.25) is 0 Å². The maximum absolute atomic E-state index is 11.9. The summed E-state index contributed by atoms with van der Waals surface area (Å²) in [5.74, 6) is 0.675. The highest BCUT2D eigenvalue weighted by Crippen LogP contribution is 2.29. The molecule has 1 saturated carbocycles. The fourth-order valence-corrected chi connectivity index (χ4v) is 4.28. The summed E-state index contributed by atoms with van der Waals surface area (Å²) in [4.78, 5) is 23.4. The summed E-state index contributed by atoms with van der Waals surface area (Å²) in [6.07, 6.45) is 7.94. The number of aromatic nitrogens is 2. The zero-order valence-electron chi connectivity index (χ0n) is 16.9. The highest BCUT2D eigenvalue weighted by atomic mass is 16.4. The lowest BCUT2D eigenvalue weighted by Crippen LogP contribution is -2.44. The molecule has 2 aliphatic rings. The van der Waals surface area contributed by atoms with Gasteiger partial charge in [0.15, 0.2) is 0 Å². The van der Waals surface area contributed by atoms with E-state index in [9.17, 15) is 9.90 Å². The first-order valence-corrected chi connectivity index (χ1v) is 10.6. The van der Waals surface area contributed by atoms with Gasteiger partial charge in [0.25, 0.3) is 0 Å². The molecular formula is C22H29N5O2. The third-order valence-electron chi connectivity index (χ3n) is 5.91. The number of aromatic carboxylic acids is 1. The quantitative estimate of drug-likeness (QED) is 0.715. The fraction of sp³-hybridized carbons (Fsp3) is 0.500. The molecule has 154 valence electrons. The molecule has 3 N–H and O–H groups in total. The predicted molar refractivity (Wildman–Crippen MR) is 115 cm³/mol. The third-order valence-corrected chi connectivity index (χ3v) is 5.91. The van der Waals surface area contributed by atoms with E-state index in [2.05, 4.69) is 20.5 Å². The Morgan fingerprint density at radius 1 is 1.21 bits per heavy atom. The first-order chi connectivity index (χ1) is 14.1. The van der Waals surface area contributed by atoms with Gasteiger partial charge in [-0.1, -0.05) is 19.3 Å². The molecule has 1 saturated heterocycles. The maximum Gasteiger partial charge on any atom is 0.336 e. The molecule has 0 atom stereocenters. The van der Waals surface area contributed by atoms with Crippen molar-refractivity contribution in [3.8, 4) is 11.3 Å². The van der Waals surface area contributed by atoms with Crippen LogP contribution in [-0.4, -0.2) is 53.3 Å². The number of nitrogens with zero attached hydrogens (tertiary/aromatic N) is 3. The molecule has 0 amide bonds. The predicted octanol–water partition coefficient (Wildman–Crippen LogP) is 3.30. The van der Waals surface area contributed by atoms with Crippen molar-refractivity contribution in [2.75, 3.05) is 36.4 Å². The number of carboxylic acids is 1. The SMILES string of the molecule is Cc1c(C(=O)O)cc(-c2ccnc(NC3CCCCC3)c2)nc1N1CCNCC1. The minimum absolute atomic E-state index is 0.308. The first kappa shape index (κ1) is 19.6. The Balaban J connectivity index is 1.67. The minimum atomic E-state index is -0.919. The van der Waals surface area contributed by atoms with Crippen LogP contribution in [-0.2, 0) is 0 Å². The number of hydrogen-bond donors (Lipinski definition) is 3. The molecule has 3 heterocycles. The molecule has 1 aliphatic heterocycles. The summed E-state index contributed by atoms with van der Waals surface area (Å²) < 4.78 is 0. The van der Waals surface area contributed by atoms with E-state index >= 15 is 0 Å². The highest BCUT2D eigenvalue weighted by Gasteiger charge is 2.21. The Morgan fingerprint density at radius 3 is 2.69 bits per heavy atom. The fourth-order valence-electron chi connectivity index (χ4n) is 4.28. The molecule has 0 unspecified atom stereocenters. The van der Waals surface area contributed by atoms with Crippen LogP contribution < -0.4 is 15.5 Å². The monoisotopic (exact) mass is 395 g/mol. The van der Waals surface area contributed by atoms with E-state index in [1.165, 1.54) is 32.1 Å². The average molecular weight is 396 g/mol. The number of rotatable bonds is 5. The van der Waals surface area contributed by atoms with Crippen LogP contribution in [0.4, 0.5) is 11.6 Å². The normalized spacial score (nSPS) is 17.9. The largest absolute Gasteiger partial charge is 0.478 e. The molecule has 7 heteroatoms. The van der Waals surface area contributed by atoms with Crippen molar-refractivity contribution < 1.29 is 9.90 Å². The summed E-state index contributed by atoms with van der Waals surface area (Å²) in [5.41, 5.74) is 2.59. The van der Waals surface area contributed by atoms with Crippen molar-refractivity contribution in [2.24, 2.45) is 0 Å². The van der Waals surface area contributed by atoms with Gasteiger partial charge in [0.2, 0.25) is 0 Å². The van der Waals surface area contributed by atoms with Crippen molar-refractivity contribution in [2.45, 2.75) is 45.1 Å². The lowest BCUT2D eigenvalue weighted by atomic mass is 9.95. The summed E-state index contributed by atoms with van der Waals surface area (Å²) in [6.45, 7) is 5.24. The van der Waals surface area contributed by atoms with Crippen LogP contribution >= 0.6 is 0 Å². The van der Waals surface area contributed by atoms with Gasteiger partial charge in [0.05, 0.1) is 11.3 Å². The molecule has 0 spiro atoms.